The van der Waals surface area contributed by atoms with Gasteiger partial charge in [-0.3, -0.25) is 4.90 Å². The zero-order valence-electron chi connectivity index (χ0n) is 11.0. The number of amidine groups is 1. The number of piperidine rings is 1. The van der Waals surface area contributed by atoms with Crippen molar-refractivity contribution < 1.29 is 5.21 Å². The maximum atomic E-state index is 8.68. The van der Waals surface area contributed by atoms with Crippen molar-refractivity contribution in [3.63, 3.8) is 0 Å². The van der Waals surface area contributed by atoms with Crippen molar-refractivity contribution in [2.24, 2.45) is 22.2 Å². The average molecular weight is 239 g/mol. The highest BCUT2D eigenvalue weighted by molar-refractivity contribution is 5.80. The molecule has 4 heteroatoms. The molecule has 0 aromatic rings. The van der Waals surface area contributed by atoms with Gasteiger partial charge in [-0.25, -0.2) is 0 Å². The van der Waals surface area contributed by atoms with E-state index in [1.165, 1.54) is 32.2 Å². The highest BCUT2D eigenvalue weighted by Gasteiger charge is 2.45. The highest BCUT2D eigenvalue weighted by Crippen LogP contribution is 2.50. The first-order chi connectivity index (χ1) is 8.06. The van der Waals surface area contributed by atoms with Crippen LogP contribution in [0.1, 0.15) is 46.0 Å². The molecular formula is C13H25N3O. The fourth-order valence-corrected chi connectivity index (χ4v) is 3.06. The van der Waals surface area contributed by atoms with E-state index in [-0.39, 0.29) is 0 Å². The molecule has 0 radical (unpaired) electrons. The maximum absolute atomic E-state index is 8.68. The minimum Gasteiger partial charge on any atom is -0.409 e. The van der Waals surface area contributed by atoms with Crippen molar-refractivity contribution in [1.82, 2.24) is 4.90 Å². The van der Waals surface area contributed by atoms with E-state index in [1.54, 1.807) is 0 Å². The van der Waals surface area contributed by atoms with Gasteiger partial charge in [-0.2, -0.15) is 0 Å². The zero-order valence-corrected chi connectivity index (χ0v) is 11.0. The largest absolute Gasteiger partial charge is 0.409 e. The van der Waals surface area contributed by atoms with Crippen LogP contribution in [-0.2, 0) is 0 Å². The van der Waals surface area contributed by atoms with Crippen molar-refractivity contribution >= 4 is 5.84 Å². The lowest BCUT2D eigenvalue weighted by atomic mass is 9.90. The van der Waals surface area contributed by atoms with Crippen LogP contribution in [0, 0.1) is 11.3 Å². The van der Waals surface area contributed by atoms with E-state index < -0.39 is 0 Å². The molecule has 0 aromatic heterocycles. The minimum absolute atomic E-state index is 0.307. The van der Waals surface area contributed by atoms with E-state index in [0.29, 0.717) is 17.3 Å². The molecule has 2 aliphatic rings. The molecule has 2 atom stereocenters. The first-order valence-electron chi connectivity index (χ1n) is 6.77. The molecule has 0 bridgehead atoms. The van der Waals surface area contributed by atoms with Crippen molar-refractivity contribution in [2.75, 3.05) is 13.1 Å². The van der Waals surface area contributed by atoms with Gasteiger partial charge in [0, 0.05) is 19.0 Å². The van der Waals surface area contributed by atoms with Crippen molar-refractivity contribution in [3.05, 3.63) is 0 Å². The van der Waals surface area contributed by atoms with Crippen LogP contribution in [0.25, 0.3) is 0 Å². The molecule has 0 aromatic carbocycles. The molecule has 1 saturated heterocycles. The SMILES string of the molecule is CC1CCCN(CC2(CC(N)=NO)CC2)C1C. The lowest BCUT2D eigenvalue weighted by molar-refractivity contribution is 0.0909. The van der Waals surface area contributed by atoms with Crippen LogP contribution in [-0.4, -0.2) is 35.1 Å². The predicted molar refractivity (Wildman–Crippen MR) is 69.1 cm³/mol. The summed E-state index contributed by atoms with van der Waals surface area (Å²) in [5, 5.41) is 11.8. The van der Waals surface area contributed by atoms with Crippen molar-refractivity contribution in [1.29, 1.82) is 0 Å². The summed E-state index contributed by atoms with van der Waals surface area (Å²) < 4.78 is 0. The summed E-state index contributed by atoms with van der Waals surface area (Å²) in [6.07, 6.45) is 5.86. The Morgan fingerprint density at radius 1 is 1.47 bits per heavy atom. The number of nitrogens with zero attached hydrogens (tertiary/aromatic N) is 2. The topological polar surface area (TPSA) is 61.8 Å². The third-order valence-corrected chi connectivity index (χ3v) is 4.68. The Hall–Kier alpha value is -0.770. The molecular weight excluding hydrogens is 214 g/mol. The van der Waals surface area contributed by atoms with Crippen LogP contribution in [0.5, 0.6) is 0 Å². The third-order valence-electron chi connectivity index (χ3n) is 4.68. The summed E-state index contributed by atoms with van der Waals surface area (Å²) in [6, 6.07) is 0.675. The summed E-state index contributed by atoms with van der Waals surface area (Å²) in [7, 11) is 0. The molecule has 1 heterocycles. The molecule has 0 spiro atoms. The van der Waals surface area contributed by atoms with Gasteiger partial charge in [-0.05, 0) is 50.5 Å². The Bertz CT molecular complexity index is 299. The Labute approximate surface area is 104 Å². The Balaban J connectivity index is 1.91. The molecule has 2 unspecified atom stereocenters. The Morgan fingerprint density at radius 3 is 2.76 bits per heavy atom. The third kappa shape index (κ3) is 2.92. The van der Waals surface area contributed by atoms with Gasteiger partial charge in [0.1, 0.15) is 5.84 Å². The average Bonchev–Trinajstić information content (AvgIpc) is 3.05. The summed E-state index contributed by atoms with van der Waals surface area (Å²) in [5.74, 6) is 1.18. The summed E-state index contributed by atoms with van der Waals surface area (Å²) in [6.45, 7) is 7.02. The molecule has 2 fully saturated rings. The molecule has 1 aliphatic heterocycles. The fraction of sp³-hybridized carbons (Fsp3) is 0.923. The van der Waals surface area contributed by atoms with Gasteiger partial charge in [0.2, 0.25) is 0 Å². The van der Waals surface area contributed by atoms with Gasteiger partial charge in [0.05, 0.1) is 0 Å². The number of nitrogens with two attached hydrogens (primary N) is 1. The molecule has 4 nitrogen and oxygen atoms in total. The van der Waals surface area contributed by atoms with E-state index in [4.69, 9.17) is 10.9 Å². The lowest BCUT2D eigenvalue weighted by Gasteiger charge is -2.40. The van der Waals surface area contributed by atoms with Crippen LogP contribution in [0.3, 0.4) is 0 Å². The number of likely N-dealkylation sites (tertiary alicyclic amines) is 1. The predicted octanol–water partition coefficient (Wildman–Crippen LogP) is 2.02. The Kier molecular flexibility index (Phi) is 3.61. The monoisotopic (exact) mass is 239 g/mol. The van der Waals surface area contributed by atoms with Crippen molar-refractivity contribution in [2.45, 2.75) is 52.0 Å². The van der Waals surface area contributed by atoms with E-state index in [2.05, 4.69) is 23.9 Å². The second kappa shape index (κ2) is 4.84. The maximum Gasteiger partial charge on any atom is 0.139 e. The molecule has 0 amide bonds. The molecule has 3 N–H and O–H groups in total. The minimum atomic E-state index is 0.307. The normalized spacial score (nSPS) is 33.6. The standard InChI is InChI=1S/C13H25N3O/c1-10-4-3-7-16(11(10)2)9-13(5-6-13)8-12(14)15-17/h10-11,17H,3-9H2,1-2H3,(H2,14,15). The molecule has 2 rings (SSSR count). The number of hydrogen-bond donors (Lipinski definition) is 2. The quantitative estimate of drug-likeness (QED) is 0.341. The van der Waals surface area contributed by atoms with E-state index in [9.17, 15) is 0 Å². The first-order valence-corrected chi connectivity index (χ1v) is 6.77. The lowest BCUT2D eigenvalue weighted by Crippen LogP contribution is -2.45. The summed E-state index contributed by atoms with van der Waals surface area (Å²) in [4.78, 5) is 2.60. The van der Waals surface area contributed by atoms with Gasteiger partial charge in [0.15, 0.2) is 0 Å². The Morgan fingerprint density at radius 2 is 2.18 bits per heavy atom. The van der Waals surface area contributed by atoms with Gasteiger partial charge in [-0.1, -0.05) is 12.1 Å². The molecule has 17 heavy (non-hydrogen) atoms. The smallest absolute Gasteiger partial charge is 0.139 e. The van der Waals surface area contributed by atoms with Crippen LogP contribution in [0.15, 0.2) is 5.16 Å². The second-order valence-electron chi connectivity index (χ2n) is 6.10. The molecule has 98 valence electrons. The van der Waals surface area contributed by atoms with Crippen LogP contribution in [0.2, 0.25) is 0 Å². The molecule has 1 saturated carbocycles. The zero-order chi connectivity index (χ0) is 12.5. The second-order valence-corrected chi connectivity index (χ2v) is 6.10. The van der Waals surface area contributed by atoms with Crippen molar-refractivity contribution in [3.8, 4) is 0 Å². The van der Waals surface area contributed by atoms with Gasteiger partial charge in [-0.15, -0.1) is 0 Å². The first kappa shape index (κ1) is 12.7. The number of oxime groups is 1. The summed E-state index contributed by atoms with van der Waals surface area (Å²) >= 11 is 0. The number of rotatable bonds is 4. The van der Waals surface area contributed by atoms with Crippen LogP contribution in [0.4, 0.5) is 0 Å². The van der Waals surface area contributed by atoms with Gasteiger partial charge >= 0.3 is 0 Å². The van der Waals surface area contributed by atoms with Crippen LogP contribution < -0.4 is 5.73 Å². The highest BCUT2D eigenvalue weighted by atomic mass is 16.4. The van der Waals surface area contributed by atoms with Crippen LogP contribution >= 0.6 is 0 Å². The summed E-state index contributed by atoms with van der Waals surface area (Å²) in [5.41, 5.74) is 5.95. The van der Waals surface area contributed by atoms with Gasteiger partial charge < -0.3 is 10.9 Å². The van der Waals surface area contributed by atoms with Gasteiger partial charge in [0.25, 0.3) is 0 Å². The fourth-order valence-electron chi connectivity index (χ4n) is 3.06. The van der Waals surface area contributed by atoms with E-state index >= 15 is 0 Å². The van der Waals surface area contributed by atoms with E-state index in [1.807, 2.05) is 0 Å². The number of hydrogen-bond acceptors (Lipinski definition) is 3. The van der Waals surface area contributed by atoms with E-state index in [0.717, 1.165) is 18.9 Å². The molecule has 1 aliphatic carbocycles.